The summed E-state index contributed by atoms with van der Waals surface area (Å²) in [6.45, 7) is -0.000756. The molecule has 0 spiro atoms. The summed E-state index contributed by atoms with van der Waals surface area (Å²) in [6.07, 6.45) is -3.81. The molecule has 12 heteroatoms. The maximum absolute atomic E-state index is 12.8. The molecule has 4 N–H and O–H groups in total. The molecule has 1 aromatic heterocycles. The molecule has 0 saturated carbocycles. The summed E-state index contributed by atoms with van der Waals surface area (Å²) in [6, 6.07) is 14.0. The van der Waals surface area contributed by atoms with Gasteiger partial charge in [-0.05, 0) is 61.0 Å². The zero-order valence-electron chi connectivity index (χ0n) is 21.1. The monoisotopic (exact) mass is 556 g/mol. The summed E-state index contributed by atoms with van der Waals surface area (Å²) in [7, 11) is 0. The molecule has 40 heavy (non-hydrogen) atoms. The third kappa shape index (κ3) is 6.35. The van der Waals surface area contributed by atoms with Crippen LogP contribution in [0, 0.1) is 0 Å². The number of fused-ring (bicyclic) bond motifs is 3. The van der Waals surface area contributed by atoms with E-state index in [4.69, 9.17) is 9.47 Å². The van der Waals surface area contributed by atoms with E-state index >= 15 is 0 Å². The molecule has 2 aliphatic heterocycles. The predicted octanol–water partition coefficient (Wildman–Crippen LogP) is 4.45. The fourth-order valence-corrected chi connectivity index (χ4v) is 4.97. The minimum absolute atomic E-state index is 0.0926. The van der Waals surface area contributed by atoms with Gasteiger partial charge in [-0.3, -0.25) is 9.78 Å². The van der Waals surface area contributed by atoms with Gasteiger partial charge in [0.05, 0.1) is 36.9 Å². The number of nitrogens with one attached hydrogen (secondary N) is 3. The van der Waals surface area contributed by atoms with Crippen LogP contribution < -0.4 is 20.7 Å². The van der Waals surface area contributed by atoms with Crippen LogP contribution >= 0.6 is 0 Å². The van der Waals surface area contributed by atoms with Crippen LogP contribution in [0.1, 0.15) is 35.6 Å². The highest BCUT2D eigenvalue weighted by molar-refractivity contribution is 5.99. The van der Waals surface area contributed by atoms with Crippen molar-refractivity contribution in [1.82, 2.24) is 10.3 Å². The average molecular weight is 557 g/mol. The number of ether oxygens (including phenoxy) is 2. The quantitative estimate of drug-likeness (QED) is 0.341. The second-order valence-corrected chi connectivity index (χ2v) is 9.61. The van der Waals surface area contributed by atoms with E-state index in [9.17, 15) is 27.9 Å². The van der Waals surface area contributed by atoms with E-state index < -0.39 is 36.1 Å². The van der Waals surface area contributed by atoms with Crippen molar-refractivity contribution < 1.29 is 37.3 Å². The number of carbonyl (C=O) groups excluding carboxylic acids is 2. The van der Waals surface area contributed by atoms with Crippen LogP contribution in [-0.2, 0) is 22.3 Å². The summed E-state index contributed by atoms with van der Waals surface area (Å²) < 4.78 is 50.4. The van der Waals surface area contributed by atoms with Gasteiger partial charge in [-0.2, -0.15) is 13.2 Å². The first kappa shape index (κ1) is 27.4. The van der Waals surface area contributed by atoms with Crippen LogP contribution in [0.5, 0.6) is 5.75 Å². The lowest BCUT2D eigenvalue weighted by molar-refractivity contribution is -0.142. The highest BCUT2D eigenvalue weighted by Crippen LogP contribution is 2.47. The minimum Gasteiger partial charge on any atom is -0.487 e. The minimum atomic E-state index is -4.47. The number of aliphatic hydroxyl groups excluding tert-OH is 1. The molecule has 3 amide bonds. The number of rotatable bonds is 7. The van der Waals surface area contributed by atoms with Gasteiger partial charge in [-0.1, -0.05) is 6.07 Å². The topological polar surface area (TPSA) is 122 Å². The molecule has 0 aliphatic carbocycles. The number of aliphatic hydroxyl groups is 1. The molecule has 0 unspecified atom stereocenters. The fraction of sp³-hybridized carbons (Fsp3) is 0.321. The molecule has 9 nitrogen and oxygen atoms in total. The number of amides is 3. The van der Waals surface area contributed by atoms with Gasteiger partial charge in [0.2, 0.25) is 5.91 Å². The Morgan fingerprint density at radius 3 is 2.48 bits per heavy atom. The number of urea groups is 1. The molecule has 4 atom stereocenters. The molecule has 1 saturated heterocycles. The van der Waals surface area contributed by atoms with Crippen molar-refractivity contribution >= 4 is 23.3 Å². The fourth-order valence-electron chi connectivity index (χ4n) is 4.97. The molecular formula is C28H27F3N4O5. The Balaban J connectivity index is 1.22. The number of alkyl halides is 3. The second kappa shape index (κ2) is 11.5. The molecular weight excluding hydrogens is 529 g/mol. The van der Waals surface area contributed by atoms with Crippen LogP contribution in [0.15, 0.2) is 66.9 Å². The van der Waals surface area contributed by atoms with Gasteiger partial charge in [-0.15, -0.1) is 0 Å². The Bertz CT molecular complexity index is 1350. The molecule has 2 aromatic carbocycles. The maximum Gasteiger partial charge on any atom is 0.416 e. The molecule has 210 valence electrons. The lowest BCUT2D eigenvalue weighted by Crippen LogP contribution is -2.47. The van der Waals surface area contributed by atoms with Crippen LogP contribution in [-0.4, -0.2) is 46.9 Å². The predicted molar refractivity (Wildman–Crippen MR) is 139 cm³/mol. The SMILES string of the molecule is O=C(C[C@H]1C[C@@H]2c3cc(NC(=O)Nc4ccc(C(F)(F)F)cc4)ccc3O[C@@H]2[C@@H](CO)O1)NCc1ccccn1. The molecule has 5 rings (SSSR count). The summed E-state index contributed by atoms with van der Waals surface area (Å²) in [4.78, 5) is 29.3. The Labute approximate surface area is 227 Å². The number of hydrogen-bond acceptors (Lipinski definition) is 6. The Morgan fingerprint density at radius 2 is 1.77 bits per heavy atom. The zero-order chi connectivity index (χ0) is 28.3. The number of anilines is 2. The van der Waals surface area contributed by atoms with E-state index in [1.165, 1.54) is 12.1 Å². The smallest absolute Gasteiger partial charge is 0.416 e. The van der Waals surface area contributed by atoms with Gasteiger partial charge >= 0.3 is 12.2 Å². The number of carbonyl (C=O) groups is 2. The van der Waals surface area contributed by atoms with Crippen molar-refractivity contribution in [2.75, 3.05) is 17.2 Å². The van der Waals surface area contributed by atoms with Crippen molar-refractivity contribution in [3.63, 3.8) is 0 Å². The Kier molecular flexibility index (Phi) is 7.90. The van der Waals surface area contributed by atoms with E-state index in [1.807, 2.05) is 12.1 Å². The molecule has 3 aromatic rings. The molecule has 1 fully saturated rings. The third-order valence-corrected chi connectivity index (χ3v) is 6.83. The van der Waals surface area contributed by atoms with E-state index in [-0.39, 0.29) is 37.1 Å². The first-order valence-corrected chi connectivity index (χ1v) is 12.7. The van der Waals surface area contributed by atoms with Crippen molar-refractivity contribution in [2.45, 2.75) is 49.8 Å². The number of aromatic nitrogens is 1. The molecule has 0 bridgehead atoms. The zero-order valence-corrected chi connectivity index (χ0v) is 21.1. The van der Waals surface area contributed by atoms with Gasteiger partial charge in [0.15, 0.2) is 0 Å². The number of nitrogens with zero attached hydrogens (tertiary/aromatic N) is 1. The van der Waals surface area contributed by atoms with Crippen LogP contribution in [0.2, 0.25) is 0 Å². The lowest BCUT2D eigenvalue weighted by atomic mass is 9.84. The highest BCUT2D eigenvalue weighted by atomic mass is 19.4. The van der Waals surface area contributed by atoms with Crippen LogP contribution in [0.3, 0.4) is 0 Å². The largest absolute Gasteiger partial charge is 0.487 e. The first-order chi connectivity index (χ1) is 19.2. The first-order valence-electron chi connectivity index (χ1n) is 12.7. The summed E-state index contributed by atoms with van der Waals surface area (Å²) in [5.74, 6) is 0.195. The van der Waals surface area contributed by atoms with Crippen molar-refractivity contribution in [1.29, 1.82) is 0 Å². The van der Waals surface area contributed by atoms with Crippen LogP contribution in [0.4, 0.5) is 29.3 Å². The van der Waals surface area contributed by atoms with Crippen molar-refractivity contribution in [2.24, 2.45) is 0 Å². The maximum atomic E-state index is 12.8. The summed E-state index contributed by atoms with van der Waals surface area (Å²) in [5.41, 5.74) is 1.37. The number of pyridine rings is 1. The van der Waals surface area contributed by atoms with Gasteiger partial charge in [-0.25, -0.2) is 4.79 Å². The number of halogens is 3. The van der Waals surface area contributed by atoms with Gasteiger partial charge in [0, 0.05) is 29.1 Å². The van der Waals surface area contributed by atoms with E-state index in [2.05, 4.69) is 20.9 Å². The standard InChI is InChI=1S/C28H27F3N4O5/c29-28(30,31)16-4-6-17(7-5-16)34-27(38)35-18-8-9-23-21(11-18)22-12-20(39-24(15-36)26(22)40-23)13-25(37)33-14-19-3-1-2-10-32-19/h1-11,20,22,24,26,36H,12-15H2,(H,33,37)(H2,34,35,38)/t20-,22-,24-,26+/m1/s1. The Morgan fingerprint density at radius 1 is 1.02 bits per heavy atom. The van der Waals surface area contributed by atoms with E-state index in [0.717, 1.165) is 23.4 Å². The van der Waals surface area contributed by atoms with Crippen molar-refractivity contribution in [3.05, 3.63) is 83.7 Å². The average Bonchev–Trinajstić information content (AvgIpc) is 3.30. The number of benzene rings is 2. The van der Waals surface area contributed by atoms with Crippen molar-refractivity contribution in [3.8, 4) is 5.75 Å². The highest BCUT2D eigenvalue weighted by Gasteiger charge is 2.46. The molecule has 2 aliphatic rings. The van der Waals surface area contributed by atoms with Gasteiger partial charge in [0.1, 0.15) is 18.0 Å². The van der Waals surface area contributed by atoms with E-state index in [1.54, 1.807) is 30.5 Å². The summed E-state index contributed by atoms with van der Waals surface area (Å²) in [5, 5.41) is 18.0. The second-order valence-electron chi connectivity index (χ2n) is 9.61. The third-order valence-electron chi connectivity index (χ3n) is 6.83. The van der Waals surface area contributed by atoms with Crippen LogP contribution in [0.25, 0.3) is 0 Å². The Hall–Kier alpha value is -4.16. The van der Waals surface area contributed by atoms with Gasteiger partial charge < -0.3 is 30.5 Å². The molecule has 3 heterocycles. The molecule has 0 radical (unpaired) electrons. The lowest BCUT2D eigenvalue weighted by Gasteiger charge is -2.37. The van der Waals surface area contributed by atoms with Gasteiger partial charge in [0.25, 0.3) is 0 Å². The summed E-state index contributed by atoms with van der Waals surface area (Å²) >= 11 is 0. The number of hydrogen-bond donors (Lipinski definition) is 4. The normalized spacial score (nSPS) is 21.5. The van der Waals surface area contributed by atoms with E-state index in [0.29, 0.717) is 17.9 Å².